The molecular weight excluding hydrogens is 613 g/mol. The van der Waals surface area contributed by atoms with E-state index in [9.17, 15) is 22.4 Å². The fraction of sp³-hybridized carbons (Fsp3) is 0.333. The zero-order chi connectivity index (χ0) is 30.0. The number of carbonyl (C=O) groups is 2. The molecule has 1 unspecified atom stereocenters. The van der Waals surface area contributed by atoms with Crippen molar-refractivity contribution in [3.8, 4) is 5.75 Å². The van der Waals surface area contributed by atoms with E-state index >= 15 is 0 Å². The number of halogens is 2. The lowest BCUT2D eigenvalue weighted by atomic mass is 10.1. The smallest absolute Gasteiger partial charge is 0.264 e. The Bertz CT molecular complexity index is 1420. The quantitative estimate of drug-likeness (QED) is 0.233. The van der Waals surface area contributed by atoms with Gasteiger partial charge in [0.05, 0.1) is 17.2 Å². The van der Waals surface area contributed by atoms with Crippen LogP contribution in [0.3, 0.4) is 0 Å². The summed E-state index contributed by atoms with van der Waals surface area (Å²) in [6.45, 7) is 5.78. The number of nitrogens with one attached hydrogen (secondary N) is 1. The summed E-state index contributed by atoms with van der Waals surface area (Å²) in [6.07, 6.45) is 1.68. The number of anilines is 1. The van der Waals surface area contributed by atoms with Crippen molar-refractivity contribution in [2.75, 3.05) is 24.0 Å². The molecular formula is C30H35BrFN3O5S. The molecule has 41 heavy (non-hydrogen) atoms. The average Bonchev–Trinajstić information content (AvgIpc) is 2.95. The summed E-state index contributed by atoms with van der Waals surface area (Å²) in [6, 6.07) is 17.1. The molecule has 8 nitrogen and oxygen atoms in total. The molecule has 0 saturated heterocycles. The van der Waals surface area contributed by atoms with Gasteiger partial charge in [0.2, 0.25) is 11.8 Å². The number of rotatable bonds is 14. The first-order valence-corrected chi connectivity index (χ1v) is 15.6. The van der Waals surface area contributed by atoms with Crippen LogP contribution in [0.25, 0.3) is 0 Å². The fourth-order valence-corrected chi connectivity index (χ4v) is 5.95. The summed E-state index contributed by atoms with van der Waals surface area (Å²) in [4.78, 5) is 28.2. The minimum atomic E-state index is -4.27. The van der Waals surface area contributed by atoms with Gasteiger partial charge in [0, 0.05) is 17.6 Å². The van der Waals surface area contributed by atoms with E-state index in [-0.39, 0.29) is 23.0 Å². The van der Waals surface area contributed by atoms with Gasteiger partial charge in [0.15, 0.2) is 0 Å². The number of hydrogen-bond donors (Lipinski definition) is 1. The second-order valence-electron chi connectivity index (χ2n) is 9.36. The number of ether oxygens (including phenoxy) is 1. The average molecular weight is 649 g/mol. The zero-order valence-electron chi connectivity index (χ0n) is 23.3. The number of benzene rings is 3. The van der Waals surface area contributed by atoms with E-state index in [1.54, 1.807) is 6.92 Å². The van der Waals surface area contributed by atoms with Crippen LogP contribution < -0.4 is 14.4 Å². The van der Waals surface area contributed by atoms with Crippen LogP contribution in [-0.2, 0) is 26.2 Å². The van der Waals surface area contributed by atoms with E-state index in [0.717, 1.165) is 39.3 Å². The highest BCUT2D eigenvalue weighted by atomic mass is 79.9. The highest BCUT2D eigenvalue weighted by molar-refractivity contribution is 9.10. The van der Waals surface area contributed by atoms with Gasteiger partial charge in [-0.2, -0.15) is 0 Å². The summed E-state index contributed by atoms with van der Waals surface area (Å²) < 4.78 is 48.6. The summed E-state index contributed by atoms with van der Waals surface area (Å²) in [5, 5.41) is 2.85. The third-order valence-electron chi connectivity index (χ3n) is 6.36. The van der Waals surface area contributed by atoms with Crippen LogP contribution in [0.1, 0.15) is 39.2 Å². The Morgan fingerprint density at radius 1 is 1.02 bits per heavy atom. The lowest BCUT2D eigenvalue weighted by Crippen LogP contribution is -2.51. The van der Waals surface area contributed by atoms with Crippen molar-refractivity contribution >= 4 is 43.5 Å². The number of sulfonamides is 1. The Kier molecular flexibility index (Phi) is 11.7. The molecule has 0 saturated carbocycles. The monoisotopic (exact) mass is 647 g/mol. The standard InChI is InChI=1S/C30H35BrFN3O5S/c1-4-6-18-33-30(37)22(3)34(20-23-8-7-9-24(31)19-23)29(36)21-35(26-12-10-25(32)11-13-26)41(38,39)28-16-14-27(15-17-28)40-5-2/h7-17,19,22H,4-6,18,20-21H2,1-3H3,(H,33,37). The minimum Gasteiger partial charge on any atom is -0.494 e. The third kappa shape index (κ3) is 8.77. The summed E-state index contributed by atoms with van der Waals surface area (Å²) in [7, 11) is -4.27. The van der Waals surface area contributed by atoms with Crippen LogP contribution in [0.15, 0.2) is 82.2 Å². The van der Waals surface area contributed by atoms with E-state index in [2.05, 4.69) is 21.2 Å². The molecule has 0 spiro atoms. The molecule has 3 aromatic rings. The van der Waals surface area contributed by atoms with E-state index in [4.69, 9.17) is 4.74 Å². The first kappa shape index (κ1) is 32.1. The van der Waals surface area contributed by atoms with E-state index in [1.807, 2.05) is 38.1 Å². The van der Waals surface area contributed by atoms with Gasteiger partial charge in [-0.15, -0.1) is 0 Å². The highest BCUT2D eigenvalue weighted by Gasteiger charge is 2.32. The Labute approximate surface area is 249 Å². The predicted octanol–water partition coefficient (Wildman–Crippen LogP) is 5.52. The van der Waals surface area contributed by atoms with Crippen LogP contribution in [0.2, 0.25) is 0 Å². The molecule has 220 valence electrons. The number of amides is 2. The van der Waals surface area contributed by atoms with Gasteiger partial charge in [-0.05, 0) is 86.5 Å². The largest absolute Gasteiger partial charge is 0.494 e. The van der Waals surface area contributed by atoms with Crippen molar-refractivity contribution in [3.63, 3.8) is 0 Å². The van der Waals surface area contributed by atoms with E-state index in [1.165, 1.54) is 41.3 Å². The SMILES string of the molecule is CCCCNC(=O)C(C)N(Cc1cccc(Br)c1)C(=O)CN(c1ccc(F)cc1)S(=O)(=O)c1ccc(OCC)cc1. The molecule has 0 aliphatic rings. The molecule has 0 radical (unpaired) electrons. The highest BCUT2D eigenvalue weighted by Crippen LogP contribution is 2.26. The van der Waals surface area contributed by atoms with Crippen LogP contribution in [0.4, 0.5) is 10.1 Å². The first-order chi connectivity index (χ1) is 19.6. The molecule has 3 rings (SSSR count). The zero-order valence-corrected chi connectivity index (χ0v) is 25.8. The van der Waals surface area contributed by atoms with Crippen molar-refractivity contribution in [3.05, 3.63) is 88.6 Å². The van der Waals surface area contributed by atoms with Crippen LogP contribution in [-0.4, -0.2) is 50.9 Å². The van der Waals surface area contributed by atoms with Gasteiger partial charge in [0.25, 0.3) is 10.0 Å². The van der Waals surface area contributed by atoms with Gasteiger partial charge in [-0.3, -0.25) is 13.9 Å². The number of carbonyl (C=O) groups excluding carboxylic acids is 2. The number of nitrogens with zero attached hydrogens (tertiary/aromatic N) is 2. The maximum absolute atomic E-state index is 13.9. The molecule has 0 heterocycles. The molecule has 0 fully saturated rings. The van der Waals surface area contributed by atoms with Gasteiger partial charge >= 0.3 is 0 Å². The lowest BCUT2D eigenvalue weighted by Gasteiger charge is -2.32. The predicted molar refractivity (Wildman–Crippen MR) is 161 cm³/mol. The number of unbranched alkanes of at least 4 members (excludes halogenated alkanes) is 1. The van der Waals surface area contributed by atoms with Crippen LogP contribution >= 0.6 is 15.9 Å². The van der Waals surface area contributed by atoms with Gasteiger partial charge in [0.1, 0.15) is 24.2 Å². The van der Waals surface area contributed by atoms with Gasteiger partial charge < -0.3 is 15.0 Å². The molecule has 11 heteroatoms. The minimum absolute atomic E-state index is 0.0676. The molecule has 0 aliphatic heterocycles. The Balaban J connectivity index is 1.99. The first-order valence-electron chi connectivity index (χ1n) is 13.4. The van der Waals surface area contributed by atoms with Crippen molar-refractivity contribution in [1.29, 1.82) is 0 Å². The van der Waals surface area contributed by atoms with Gasteiger partial charge in [-0.1, -0.05) is 41.4 Å². The van der Waals surface area contributed by atoms with E-state index in [0.29, 0.717) is 18.9 Å². The summed E-state index contributed by atoms with van der Waals surface area (Å²) >= 11 is 3.43. The summed E-state index contributed by atoms with van der Waals surface area (Å²) in [5.41, 5.74) is 0.861. The van der Waals surface area contributed by atoms with Gasteiger partial charge in [-0.25, -0.2) is 12.8 Å². The van der Waals surface area contributed by atoms with E-state index < -0.39 is 34.3 Å². The van der Waals surface area contributed by atoms with Crippen LogP contribution in [0, 0.1) is 5.82 Å². The molecule has 0 aromatic heterocycles. The van der Waals surface area contributed by atoms with Crippen molar-refractivity contribution in [2.24, 2.45) is 0 Å². The molecule has 0 aliphatic carbocycles. The lowest BCUT2D eigenvalue weighted by molar-refractivity contribution is -0.139. The fourth-order valence-electron chi connectivity index (χ4n) is 4.09. The molecule has 1 N–H and O–H groups in total. The van der Waals surface area contributed by atoms with Crippen molar-refractivity contribution < 1.29 is 27.1 Å². The normalized spacial score (nSPS) is 11.9. The van der Waals surface area contributed by atoms with Crippen LogP contribution in [0.5, 0.6) is 5.75 Å². The van der Waals surface area contributed by atoms with Crippen molar-refractivity contribution in [1.82, 2.24) is 10.2 Å². The molecule has 2 amide bonds. The molecule has 1 atom stereocenters. The topological polar surface area (TPSA) is 96.0 Å². The summed E-state index contributed by atoms with van der Waals surface area (Å²) in [5.74, 6) is -0.988. The Morgan fingerprint density at radius 3 is 2.32 bits per heavy atom. The van der Waals surface area contributed by atoms with Crippen molar-refractivity contribution in [2.45, 2.75) is 51.1 Å². The Morgan fingerprint density at radius 2 is 1.71 bits per heavy atom. The third-order valence-corrected chi connectivity index (χ3v) is 8.64. The number of hydrogen-bond acceptors (Lipinski definition) is 5. The Hall–Kier alpha value is -3.44. The maximum Gasteiger partial charge on any atom is 0.264 e. The molecule has 3 aromatic carbocycles. The maximum atomic E-state index is 13.9. The second-order valence-corrected chi connectivity index (χ2v) is 12.1. The molecule has 0 bridgehead atoms. The second kappa shape index (κ2) is 15.0.